The maximum atomic E-state index is 14.7. The van der Waals surface area contributed by atoms with Gasteiger partial charge in [-0.2, -0.15) is 14.0 Å². The molecule has 11 heteroatoms. The van der Waals surface area contributed by atoms with Gasteiger partial charge in [0.2, 0.25) is 0 Å². The normalized spacial score (nSPS) is 11.7. The molecule has 0 aliphatic heterocycles. The summed E-state index contributed by atoms with van der Waals surface area (Å²) in [6.07, 6.45) is -1.59. The number of nitriles is 1. The highest BCUT2D eigenvalue weighted by Crippen LogP contribution is 2.34. The van der Waals surface area contributed by atoms with Crippen molar-refractivity contribution in [3.05, 3.63) is 47.7 Å². The van der Waals surface area contributed by atoms with Crippen LogP contribution in [-0.2, 0) is 12.5 Å². The smallest absolute Gasteiger partial charge is 0.302 e. The Hall–Kier alpha value is -3.55. The van der Waals surface area contributed by atoms with Crippen LogP contribution in [-0.4, -0.2) is 45.4 Å². The molecular weight excluding hydrogens is 433 g/mol. The van der Waals surface area contributed by atoms with Crippen LogP contribution in [0, 0.1) is 17.1 Å². The number of aromatic nitrogens is 3. The molecule has 3 rings (SSSR count). The monoisotopic (exact) mass is 451 g/mol. The summed E-state index contributed by atoms with van der Waals surface area (Å²) in [4.78, 5) is 21.5. The molecule has 0 aliphatic carbocycles. The van der Waals surface area contributed by atoms with Crippen LogP contribution in [0.5, 0.6) is 0 Å². The number of hydrogen-bond donors (Lipinski definition) is 0. The van der Waals surface area contributed by atoms with Crippen molar-refractivity contribution >= 4 is 16.9 Å². The van der Waals surface area contributed by atoms with Crippen LogP contribution in [0.2, 0.25) is 0 Å². The van der Waals surface area contributed by atoms with Crippen LogP contribution in [0.15, 0.2) is 30.5 Å². The first-order chi connectivity index (χ1) is 15.0. The molecular formula is C21H18F5N5O. The second kappa shape index (κ2) is 8.90. The first-order valence-electron chi connectivity index (χ1n) is 9.48. The molecule has 0 aliphatic rings. The Morgan fingerprint density at radius 1 is 1.31 bits per heavy atom. The van der Waals surface area contributed by atoms with E-state index in [1.165, 1.54) is 36.3 Å². The molecule has 32 heavy (non-hydrogen) atoms. The molecule has 2 heterocycles. The first-order valence-corrected chi connectivity index (χ1v) is 9.48. The van der Waals surface area contributed by atoms with Crippen LogP contribution in [0.25, 0.3) is 22.3 Å². The number of halogens is 5. The van der Waals surface area contributed by atoms with E-state index in [-0.39, 0.29) is 40.8 Å². The summed E-state index contributed by atoms with van der Waals surface area (Å²) in [5.74, 6) is -5.87. The van der Waals surface area contributed by atoms with Crippen LogP contribution >= 0.6 is 0 Å². The predicted molar refractivity (Wildman–Crippen MR) is 106 cm³/mol. The number of nitrogens with zero attached hydrogens (tertiary/aromatic N) is 5. The standard InChI is InChI=1S/C21H18F5N5O/c1-21(25,26)20-29-18-15(31(20)11-16(23)24)6-8-28-17(18)12-4-5-13(14(22)10-12)19(32)30(2)9-3-7-27/h4-6,8,10,16H,3,9,11H2,1-2H3. The molecule has 1 amide bonds. The lowest BCUT2D eigenvalue weighted by atomic mass is 10.1. The van der Waals surface area contributed by atoms with Crippen molar-refractivity contribution in [1.82, 2.24) is 19.4 Å². The second-order valence-electron chi connectivity index (χ2n) is 7.18. The number of benzene rings is 1. The molecule has 168 valence electrons. The summed E-state index contributed by atoms with van der Waals surface area (Å²) in [6.45, 7) is -0.325. The summed E-state index contributed by atoms with van der Waals surface area (Å²) < 4.78 is 69.6. The molecule has 6 nitrogen and oxygen atoms in total. The average molecular weight is 451 g/mol. The molecule has 0 fully saturated rings. The van der Waals surface area contributed by atoms with Gasteiger partial charge in [0.15, 0.2) is 5.82 Å². The number of rotatable bonds is 7. The number of carbonyl (C=O) groups excluding carboxylic acids is 1. The van der Waals surface area contributed by atoms with Crippen molar-refractivity contribution in [2.24, 2.45) is 0 Å². The minimum Gasteiger partial charge on any atom is -0.341 e. The van der Waals surface area contributed by atoms with E-state index in [9.17, 15) is 26.7 Å². The zero-order valence-corrected chi connectivity index (χ0v) is 17.1. The first kappa shape index (κ1) is 23.1. The zero-order chi connectivity index (χ0) is 23.6. The van der Waals surface area contributed by atoms with Gasteiger partial charge in [-0.15, -0.1) is 0 Å². The third-order valence-corrected chi connectivity index (χ3v) is 4.76. The minimum absolute atomic E-state index is 0.00335. The summed E-state index contributed by atoms with van der Waals surface area (Å²) >= 11 is 0. The van der Waals surface area contributed by atoms with E-state index in [1.807, 2.05) is 6.07 Å². The van der Waals surface area contributed by atoms with Gasteiger partial charge in [-0.3, -0.25) is 9.78 Å². The third-order valence-electron chi connectivity index (χ3n) is 4.76. The molecule has 0 unspecified atom stereocenters. The number of alkyl halides is 4. The van der Waals surface area contributed by atoms with Gasteiger partial charge in [-0.25, -0.2) is 18.2 Å². The molecule has 0 N–H and O–H groups in total. The Bertz CT molecular complexity index is 1200. The summed E-state index contributed by atoms with van der Waals surface area (Å²) in [6, 6.07) is 6.75. The SMILES string of the molecule is CN(CCC#N)C(=O)c1ccc(-c2nccc3c2nc(C(C)(F)F)n3CC(F)F)cc1F. The Labute approximate surface area is 179 Å². The molecule has 0 bridgehead atoms. The van der Waals surface area contributed by atoms with Gasteiger partial charge < -0.3 is 9.47 Å². The van der Waals surface area contributed by atoms with Gasteiger partial charge in [0.1, 0.15) is 11.3 Å². The number of carbonyl (C=O) groups is 1. The zero-order valence-electron chi connectivity index (χ0n) is 17.1. The third kappa shape index (κ3) is 4.54. The summed E-state index contributed by atoms with van der Waals surface area (Å²) in [5.41, 5.74) is -0.183. The van der Waals surface area contributed by atoms with Gasteiger partial charge in [-0.05, 0) is 18.2 Å². The maximum Gasteiger partial charge on any atom is 0.302 e. The van der Waals surface area contributed by atoms with Crippen molar-refractivity contribution in [3.8, 4) is 17.3 Å². The Balaban J connectivity index is 2.09. The van der Waals surface area contributed by atoms with Crippen molar-refractivity contribution in [3.63, 3.8) is 0 Å². The van der Waals surface area contributed by atoms with Crippen molar-refractivity contribution in [1.29, 1.82) is 5.26 Å². The lowest BCUT2D eigenvalue weighted by molar-refractivity contribution is 0.00166. The molecule has 2 aromatic heterocycles. The fraction of sp³-hybridized carbons (Fsp3) is 0.333. The largest absolute Gasteiger partial charge is 0.341 e. The van der Waals surface area contributed by atoms with E-state index >= 15 is 0 Å². The van der Waals surface area contributed by atoms with Gasteiger partial charge in [-0.1, -0.05) is 6.07 Å². The number of amides is 1. The highest BCUT2D eigenvalue weighted by molar-refractivity contribution is 5.96. The second-order valence-corrected chi connectivity index (χ2v) is 7.18. The lowest BCUT2D eigenvalue weighted by Gasteiger charge is -2.16. The summed E-state index contributed by atoms with van der Waals surface area (Å²) in [7, 11) is 1.43. The fourth-order valence-electron chi connectivity index (χ4n) is 3.28. The number of fused-ring (bicyclic) bond motifs is 1. The number of pyridine rings is 1. The molecule has 0 saturated carbocycles. The van der Waals surface area contributed by atoms with E-state index < -0.39 is 36.4 Å². The van der Waals surface area contributed by atoms with E-state index in [0.717, 1.165) is 10.6 Å². The minimum atomic E-state index is -3.50. The molecule has 0 spiro atoms. The number of hydrogen-bond acceptors (Lipinski definition) is 4. The van der Waals surface area contributed by atoms with Crippen molar-refractivity contribution < 1.29 is 26.7 Å². The molecule has 0 saturated heterocycles. The van der Waals surface area contributed by atoms with Crippen molar-refractivity contribution in [2.75, 3.05) is 13.6 Å². The van der Waals surface area contributed by atoms with Gasteiger partial charge in [0.25, 0.3) is 12.3 Å². The Morgan fingerprint density at radius 3 is 2.62 bits per heavy atom. The van der Waals surface area contributed by atoms with E-state index in [2.05, 4.69) is 9.97 Å². The van der Waals surface area contributed by atoms with Crippen molar-refractivity contribution in [2.45, 2.75) is 32.2 Å². The van der Waals surface area contributed by atoms with E-state index in [4.69, 9.17) is 5.26 Å². The van der Waals surface area contributed by atoms with Gasteiger partial charge in [0, 0.05) is 32.3 Å². The van der Waals surface area contributed by atoms with Gasteiger partial charge in [0.05, 0.1) is 35.8 Å². The Kier molecular flexibility index (Phi) is 6.43. The molecule has 0 radical (unpaired) electrons. The van der Waals surface area contributed by atoms with Crippen LogP contribution in [0.3, 0.4) is 0 Å². The molecule has 0 atom stereocenters. The molecule has 1 aromatic carbocycles. The van der Waals surface area contributed by atoms with Crippen LogP contribution in [0.4, 0.5) is 22.0 Å². The van der Waals surface area contributed by atoms with E-state index in [0.29, 0.717) is 6.92 Å². The molecule has 3 aromatic rings. The highest BCUT2D eigenvalue weighted by Gasteiger charge is 2.33. The van der Waals surface area contributed by atoms with Crippen LogP contribution in [0.1, 0.15) is 29.5 Å². The lowest BCUT2D eigenvalue weighted by Crippen LogP contribution is -2.28. The fourth-order valence-corrected chi connectivity index (χ4v) is 3.28. The number of imidazole rings is 1. The maximum absolute atomic E-state index is 14.7. The Morgan fingerprint density at radius 2 is 2.03 bits per heavy atom. The van der Waals surface area contributed by atoms with Gasteiger partial charge >= 0.3 is 5.92 Å². The topological polar surface area (TPSA) is 74.8 Å². The average Bonchev–Trinajstić information content (AvgIpc) is 3.09. The van der Waals surface area contributed by atoms with E-state index in [1.54, 1.807) is 0 Å². The highest BCUT2D eigenvalue weighted by atomic mass is 19.3. The predicted octanol–water partition coefficient (Wildman–Crippen LogP) is 4.60. The quantitative estimate of drug-likeness (QED) is 0.492. The van der Waals surface area contributed by atoms with Crippen LogP contribution < -0.4 is 0 Å². The summed E-state index contributed by atoms with van der Waals surface area (Å²) in [5, 5.41) is 8.63.